The van der Waals surface area contributed by atoms with Crippen molar-refractivity contribution in [2.24, 2.45) is 10.9 Å². The van der Waals surface area contributed by atoms with Crippen LogP contribution in [0.4, 0.5) is 0 Å². The highest BCUT2D eigenvalue weighted by atomic mass is 28.4. The first-order chi connectivity index (χ1) is 13.1. The first kappa shape index (κ1) is 18.0. The van der Waals surface area contributed by atoms with E-state index in [1.54, 1.807) is 0 Å². The van der Waals surface area contributed by atoms with Gasteiger partial charge in [0.05, 0.1) is 6.04 Å². The van der Waals surface area contributed by atoms with Crippen molar-refractivity contribution in [3.8, 4) is 0 Å². The van der Waals surface area contributed by atoms with E-state index in [4.69, 9.17) is 9.73 Å². The van der Waals surface area contributed by atoms with E-state index in [1.165, 1.54) is 0 Å². The van der Waals surface area contributed by atoms with E-state index in [0.29, 0.717) is 18.4 Å². The molecule has 2 aromatic carbocycles. The van der Waals surface area contributed by atoms with Crippen molar-refractivity contribution in [2.45, 2.75) is 25.4 Å². The molecule has 4 heteroatoms. The van der Waals surface area contributed by atoms with Gasteiger partial charge in [0, 0.05) is 11.1 Å². The highest BCUT2D eigenvalue weighted by Gasteiger charge is 2.47. The van der Waals surface area contributed by atoms with Crippen LogP contribution in [0.3, 0.4) is 0 Å². The van der Waals surface area contributed by atoms with Gasteiger partial charge >= 0.3 is 0 Å². The quantitative estimate of drug-likeness (QED) is 0.816. The van der Waals surface area contributed by atoms with Gasteiger partial charge in [0.25, 0.3) is 8.32 Å². The van der Waals surface area contributed by atoms with Crippen LogP contribution in [0.5, 0.6) is 0 Å². The topological polar surface area (TPSA) is 41.8 Å². The molecule has 0 bridgehead atoms. The van der Waals surface area contributed by atoms with E-state index >= 15 is 0 Å². The van der Waals surface area contributed by atoms with Gasteiger partial charge in [-0.25, -0.2) is 4.99 Å². The standard InChI is InChI=1S/C23H25NO2Si/c1-17(2)21-16-26-23(24-21)20-14-9-15-22(20)27(25,18-10-5-3-6-11-18)19-12-7-4-8-13-19/h3-15,17,21-22,25H,16H2,1-2H3/t21-,22?/m1/s1. The van der Waals surface area contributed by atoms with Gasteiger partial charge < -0.3 is 9.53 Å². The molecule has 27 heavy (non-hydrogen) atoms. The molecule has 4 rings (SSSR count). The summed E-state index contributed by atoms with van der Waals surface area (Å²) < 4.78 is 5.96. The Hall–Kier alpha value is -2.43. The fraction of sp³-hybridized carbons (Fsp3) is 0.261. The maximum absolute atomic E-state index is 12.2. The molecule has 1 unspecified atom stereocenters. The van der Waals surface area contributed by atoms with Crippen LogP contribution in [-0.2, 0) is 4.74 Å². The summed E-state index contributed by atoms with van der Waals surface area (Å²) in [6.07, 6.45) is 6.19. The highest BCUT2D eigenvalue weighted by Crippen LogP contribution is 2.36. The van der Waals surface area contributed by atoms with Crippen molar-refractivity contribution in [3.05, 3.63) is 84.5 Å². The van der Waals surface area contributed by atoms with Crippen molar-refractivity contribution in [1.82, 2.24) is 0 Å². The van der Waals surface area contributed by atoms with Crippen LogP contribution >= 0.6 is 0 Å². The summed E-state index contributed by atoms with van der Waals surface area (Å²) in [4.78, 5) is 17.0. The van der Waals surface area contributed by atoms with Crippen molar-refractivity contribution in [2.75, 3.05) is 6.61 Å². The van der Waals surface area contributed by atoms with Crippen LogP contribution in [-0.4, -0.2) is 31.7 Å². The molecule has 2 aromatic rings. The van der Waals surface area contributed by atoms with Crippen LogP contribution in [0, 0.1) is 5.92 Å². The third kappa shape index (κ3) is 3.20. The second-order valence-electron chi connectivity index (χ2n) is 7.54. The molecule has 3 nitrogen and oxygen atoms in total. The van der Waals surface area contributed by atoms with Crippen LogP contribution in [0.25, 0.3) is 0 Å². The number of hydrogen-bond acceptors (Lipinski definition) is 3. The summed E-state index contributed by atoms with van der Waals surface area (Å²) in [5, 5.41) is 2.00. The molecule has 1 aliphatic carbocycles. The van der Waals surface area contributed by atoms with E-state index in [-0.39, 0.29) is 11.6 Å². The lowest BCUT2D eigenvalue weighted by Crippen LogP contribution is -2.62. The zero-order chi connectivity index (χ0) is 18.9. The third-order valence-corrected chi connectivity index (χ3v) is 9.31. The van der Waals surface area contributed by atoms with Crippen molar-refractivity contribution in [3.63, 3.8) is 0 Å². The zero-order valence-corrected chi connectivity index (χ0v) is 16.7. The van der Waals surface area contributed by atoms with E-state index < -0.39 is 8.32 Å². The largest absolute Gasteiger partial charge is 0.475 e. The van der Waals surface area contributed by atoms with E-state index in [9.17, 15) is 4.80 Å². The number of ether oxygens (including phenoxy) is 1. The molecule has 0 spiro atoms. The van der Waals surface area contributed by atoms with E-state index in [0.717, 1.165) is 15.9 Å². The van der Waals surface area contributed by atoms with Gasteiger partial charge in [0.15, 0.2) is 0 Å². The molecule has 0 aromatic heterocycles. The highest BCUT2D eigenvalue weighted by molar-refractivity contribution is 6.98. The van der Waals surface area contributed by atoms with Crippen LogP contribution < -0.4 is 10.4 Å². The first-order valence-corrected chi connectivity index (χ1v) is 11.6. The molecule has 0 saturated carbocycles. The Balaban J connectivity index is 1.78. The molecule has 138 valence electrons. The number of nitrogens with zero attached hydrogens (tertiary/aromatic N) is 1. The normalized spacial score (nSPS) is 21.9. The number of rotatable bonds is 5. The van der Waals surface area contributed by atoms with Gasteiger partial charge in [-0.05, 0) is 16.3 Å². The smallest absolute Gasteiger partial charge is 0.264 e. The average Bonchev–Trinajstić information content (AvgIpc) is 3.38. The molecular weight excluding hydrogens is 350 g/mol. The Kier molecular flexibility index (Phi) is 4.85. The maximum atomic E-state index is 12.2. The molecular formula is C23H25NO2Si. The molecule has 0 fully saturated rings. The van der Waals surface area contributed by atoms with Crippen molar-refractivity contribution < 1.29 is 9.53 Å². The summed E-state index contributed by atoms with van der Waals surface area (Å²) in [6.45, 7) is 4.95. The Bertz CT molecular complexity index is 848. The van der Waals surface area contributed by atoms with Crippen molar-refractivity contribution in [1.29, 1.82) is 0 Å². The minimum atomic E-state index is -3.06. The second-order valence-corrected chi connectivity index (χ2v) is 10.8. The number of allylic oxidation sites excluding steroid dienone is 3. The van der Waals surface area contributed by atoms with E-state index in [1.807, 2.05) is 66.7 Å². The first-order valence-electron chi connectivity index (χ1n) is 9.53. The molecule has 2 aliphatic rings. The Morgan fingerprint density at radius 3 is 2.11 bits per heavy atom. The van der Waals surface area contributed by atoms with E-state index in [2.05, 4.69) is 26.0 Å². The van der Waals surface area contributed by atoms with Gasteiger partial charge in [-0.2, -0.15) is 0 Å². The SMILES string of the molecule is CC(C)[C@H]1COC(C2=CC=CC2[Si](O)(c2ccccc2)c2ccccc2)=N1. The minimum absolute atomic E-state index is 0.119. The summed E-state index contributed by atoms with van der Waals surface area (Å²) >= 11 is 0. The lowest BCUT2D eigenvalue weighted by Gasteiger charge is -2.33. The average molecular weight is 376 g/mol. The van der Waals surface area contributed by atoms with Gasteiger partial charge in [-0.1, -0.05) is 92.7 Å². The minimum Gasteiger partial charge on any atom is -0.475 e. The lowest BCUT2D eigenvalue weighted by molar-refractivity contribution is 0.291. The number of benzene rings is 2. The summed E-state index contributed by atoms with van der Waals surface area (Å²) in [5.74, 6) is 1.14. The molecule has 0 amide bonds. The van der Waals surface area contributed by atoms with Gasteiger partial charge in [-0.3, -0.25) is 0 Å². The van der Waals surface area contributed by atoms with Crippen LogP contribution in [0.1, 0.15) is 13.8 Å². The fourth-order valence-corrected chi connectivity index (χ4v) is 7.36. The van der Waals surface area contributed by atoms with Gasteiger partial charge in [-0.15, -0.1) is 0 Å². The Morgan fingerprint density at radius 2 is 1.59 bits per heavy atom. The monoisotopic (exact) mass is 375 g/mol. The van der Waals surface area contributed by atoms with Crippen molar-refractivity contribution >= 4 is 24.6 Å². The second kappa shape index (κ2) is 7.29. The number of hydrogen-bond donors (Lipinski definition) is 1. The third-order valence-electron chi connectivity index (χ3n) is 5.48. The Labute approximate surface area is 161 Å². The Morgan fingerprint density at radius 1 is 1.00 bits per heavy atom. The molecule has 1 aliphatic heterocycles. The van der Waals surface area contributed by atoms with Gasteiger partial charge in [0.2, 0.25) is 5.90 Å². The molecule has 0 radical (unpaired) electrons. The van der Waals surface area contributed by atoms with Crippen LogP contribution in [0.15, 0.2) is 89.5 Å². The lowest BCUT2D eigenvalue weighted by atomic mass is 10.1. The summed E-state index contributed by atoms with van der Waals surface area (Å²) in [7, 11) is -3.06. The predicted molar refractivity (Wildman–Crippen MR) is 113 cm³/mol. The molecule has 1 heterocycles. The predicted octanol–water partition coefficient (Wildman–Crippen LogP) is 3.06. The van der Waals surface area contributed by atoms with Crippen LogP contribution in [0.2, 0.25) is 5.54 Å². The summed E-state index contributed by atoms with van der Waals surface area (Å²) in [6, 6.07) is 20.3. The van der Waals surface area contributed by atoms with Gasteiger partial charge in [0.1, 0.15) is 6.61 Å². The molecule has 2 atom stereocenters. The molecule has 0 saturated heterocycles. The summed E-state index contributed by atoms with van der Waals surface area (Å²) in [5.41, 5.74) is 0.881. The molecule has 1 N–H and O–H groups in total. The fourth-order valence-electron chi connectivity index (χ4n) is 3.85. The maximum Gasteiger partial charge on any atom is 0.264 e. The zero-order valence-electron chi connectivity index (χ0n) is 15.7. The number of aliphatic imine (C=N–C) groups is 1.